The van der Waals surface area contributed by atoms with Crippen LogP contribution in [0.2, 0.25) is 0 Å². The van der Waals surface area contributed by atoms with E-state index in [0.29, 0.717) is 43.2 Å². The van der Waals surface area contributed by atoms with Gasteiger partial charge in [-0.25, -0.2) is 4.39 Å². The van der Waals surface area contributed by atoms with Crippen LogP contribution in [0.5, 0.6) is 11.5 Å². The molecule has 5 rings (SSSR count). The molecule has 0 spiro atoms. The van der Waals surface area contributed by atoms with Crippen LogP contribution in [0.3, 0.4) is 0 Å². The zero-order chi connectivity index (χ0) is 25.9. The number of carbonyl (C=O) groups excluding carboxylic acids is 3. The molecule has 1 fully saturated rings. The number of pyridine rings is 1. The first kappa shape index (κ1) is 25.3. The second-order valence-corrected chi connectivity index (χ2v) is 10.9. The maximum absolute atomic E-state index is 14.8. The van der Waals surface area contributed by atoms with Crippen LogP contribution in [0.4, 0.5) is 4.39 Å². The molecular formula is C29H29FN2O4S. The summed E-state index contributed by atoms with van der Waals surface area (Å²) < 4.78 is 21.6. The number of amides is 1. The van der Waals surface area contributed by atoms with Gasteiger partial charge in [0.1, 0.15) is 17.3 Å². The Morgan fingerprint density at radius 1 is 1.14 bits per heavy atom. The van der Waals surface area contributed by atoms with Crippen molar-refractivity contribution in [1.82, 2.24) is 9.88 Å². The quantitative estimate of drug-likeness (QED) is 0.322. The second-order valence-electron chi connectivity index (χ2n) is 9.89. The molecule has 6 nitrogen and oxygen atoms in total. The lowest BCUT2D eigenvalue weighted by atomic mass is 10.0. The van der Waals surface area contributed by atoms with Gasteiger partial charge in [0.25, 0.3) is 0 Å². The molecule has 8 heteroatoms. The van der Waals surface area contributed by atoms with E-state index in [1.807, 2.05) is 12.1 Å². The monoisotopic (exact) mass is 520 g/mol. The van der Waals surface area contributed by atoms with Crippen molar-refractivity contribution >= 4 is 44.6 Å². The summed E-state index contributed by atoms with van der Waals surface area (Å²) in [6.07, 6.45) is 8.00. The Labute approximate surface area is 219 Å². The molecule has 1 aliphatic heterocycles. The zero-order valence-corrected chi connectivity index (χ0v) is 21.6. The first-order valence-corrected chi connectivity index (χ1v) is 13.5. The molecular weight excluding hydrogens is 491 g/mol. The van der Waals surface area contributed by atoms with Crippen molar-refractivity contribution in [3.63, 3.8) is 0 Å². The van der Waals surface area contributed by atoms with E-state index in [9.17, 15) is 18.8 Å². The minimum absolute atomic E-state index is 0.000446. The normalized spacial score (nSPS) is 15.5. The number of hydrogen-bond donors (Lipinski definition) is 0. The van der Waals surface area contributed by atoms with Crippen molar-refractivity contribution in [2.45, 2.75) is 51.9 Å². The lowest BCUT2D eigenvalue weighted by Gasteiger charge is -2.26. The van der Waals surface area contributed by atoms with Gasteiger partial charge in [0, 0.05) is 55.9 Å². The van der Waals surface area contributed by atoms with Gasteiger partial charge in [-0.1, -0.05) is 12.1 Å². The summed E-state index contributed by atoms with van der Waals surface area (Å²) in [5, 5.41) is 0. The molecule has 0 saturated heterocycles. The van der Waals surface area contributed by atoms with Crippen LogP contribution in [-0.4, -0.2) is 40.4 Å². The molecule has 1 saturated carbocycles. The highest BCUT2D eigenvalue weighted by Gasteiger charge is 2.24. The first-order valence-electron chi connectivity index (χ1n) is 12.7. The highest BCUT2D eigenvalue weighted by atomic mass is 32.1. The van der Waals surface area contributed by atoms with E-state index in [-0.39, 0.29) is 42.5 Å². The van der Waals surface area contributed by atoms with E-state index < -0.39 is 5.82 Å². The van der Waals surface area contributed by atoms with Gasteiger partial charge >= 0.3 is 0 Å². The molecule has 3 aromatic rings. The molecule has 2 aromatic heterocycles. The third-order valence-electron chi connectivity index (χ3n) is 6.78. The fourth-order valence-electron chi connectivity index (χ4n) is 4.51. The molecule has 1 aromatic carbocycles. The SMILES string of the molecule is CC(=O)CCC(=O)N1CC=C(c2cc3nccc(Oc4ccc(CC(=O)CC5CC5)cc4F)c3s2)CC1. The molecule has 2 aliphatic rings. The van der Waals surface area contributed by atoms with Gasteiger partial charge in [0.05, 0.1) is 10.2 Å². The lowest BCUT2D eigenvalue weighted by Crippen LogP contribution is -2.34. The molecule has 37 heavy (non-hydrogen) atoms. The van der Waals surface area contributed by atoms with Crippen LogP contribution in [0.25, 0.3) is 15.8 Å². The van der Waals surface area contributed by atoms with Crippen LogP contribution < -0.4 is 4.74 Å². The summed E-state index contributed by atoms with van der Waals surface area (Å²) in [7, 11) is 0. The number of ketones is 2. The Bertz CT molecular complexity index is 1390. The van der Waals surface area contributed by atoms with Crippen molar-refractivity contribution < 1.29 is 23.5 Å². The topological polar surface area (TPSA) is 76.6 Å². The zero-order valence-electron chi connectivity index (χ0n) is 20.8. The van der Waals surface area contributed by atoms with Gasteiger partial charge in [-0.3, -0.25) is 14.6 Å². The number of carbonyl (C=O) groups is 3. The summed E-state index contributed by atoms with van der Waals surface area (Å²) in [4.78, 5) is 42.9. The maximum atomic E-state index is 14.8. The summed E-state index contributed by atoms with van der Waals surface area (Å²) >= 11 is 1.53. The summed E-state index contributed by atoms with van der Waals surface area (Å²) in [5.41, 5.74) is 2.56. The largest absolute Gasteiger partial charge is 0.453 e. The summed E-state index contributed by atoms with van der Waals surface area (Å²) in [6, 6.07) is 8.43. The maximum Gasteiger partial charge on any atom is 0.223 e. The number of ether oxygens (including phenoxy) is 1. The molecule has 0 bridgehead atoms. The van der Waals surface area contributed by atoms with Gasteiger partial charge in [0.15, 0.2) is 11.6 Å². The van der Waals surface area contributed by atoms with E-state index in [0.717, 1.165) is 33.5 Å². The number of nitrogens with zero attached hydrogens (tertiary/aromatic N) is 2. The standard InChI is InChI=1S/C29H29FN2O4S/c1-18(33)2-7-28(35)32-12-9-21(10-13-32)27-17-24-29(37-27)26(8-11-31-24)36-25-6-5-20(16-23(25)30)15-22(34)14-19-3-4-19/h5-6,8-9,11,16-17,19H,2-4,7,10,12-15H2,1H3. The van der Waals surface area contributed by atoms with Gasteiger partial charge < -0.3 is 14.4 Å². The molecule has 1 amide bonds. The Balaban J connectivity index is 1.28. The van der Waals surface area contributed by atoms with E-state index in [1.165, 1.54) is 24.3 Å². The molecule has 3 heterocycles. The van der Waals surface area contributed by atoms with Gasteiger partial charge in [-0.05, 0) is 61.4 Å². The molecule has 0 atom stereocenters. The van der Waals surface area contributed by atoms with Crippen LogP contribution >= 0.6 is 11.3 Å². The molecule has 0 radical (unpaired) electrons. The van der Waals surface area contributed by atoms with Crippen LogP contribution in [0.15, 0.2) is 42.6 Å². The van der Waals surface area contributed by atoms with Crippen molar-refractivity contribution in [3.8, 4) is 11.5 Å². The number of thiophene rings is 1. The van der Waals surface area contributed by atoms with Gasteiger partial charge in [-0.2, -0.15) is 0 Å². The average Bonchev–Trinajstić information content (AvgIpc) is 3.57. The van der Waals surface area contributed by atoms with Crippen molar-refractivity contribution in [3.05, 3.63) is 58.9 Å². The number of aromatic nitrogens is 1. The number of halogens is 1. The minimum atomic E-state index is -0.497. The highest BCUT2D eigenvalue weighted by Crippen LogP contribution is 2.39. The minimum Gasteiger partial charge on any atom is -0.453 e. The first-order chi connectivity index (χ1) is 17.9. The molecule has 0 unspecified atom stereocenters. The number of Topliss-reactive ketones (excluding diaryl/α,β-unsaturated/α-hetero) is 2. The predicted molar refractivity (Wildman–Crippen MR) is 141 cm³/mol. The smallest absolute Gasteiger partial charge is 0.223 e. The third-order valence-corrected chi connectivity index (χ3v) is 7.99. The number of rotatable bonds is 10. The fourth-order valence-corrected chi connectivity index (χ4v) is 5.65. The highest BCUT2D eigenvalue weighted by molar-refractivity contribution is 7.20. The number of benzene rings is 1. The second kappa shape index (κ2) is 10.9. The Morgan fingerprint density at radius 3 is 2.68 bits per heavy atom. The van der Waals surface area contributed by atoms with Gasteiger partial charge in [-0.15, -0.1) is 11.3 Å². The van der Waals surface area contributed by atoms with Crippen LogP contribution in [0, 0.1) is 11.7 Å². The van der Waals surface area contributed by atoms with E-state index in [1.54, 1.807) is 29.3 Å². The van der Waals surface area contributed by atoms with Crippen LogP contribution in [-0.2, 0) is 20.8 Å². The molecule has 0 N–H and O–H groups in total. The van der Waals surface area contributed by atoms with E-state index in [4.69, 9.17) is 4.74 Å². The van der Waals surface area contributed by atoms with Crippen molar-refractivity contribution in [2.24, 2.45) is 5.92 Å². The summed E-state index contributed by atoms with van der Waals surface area (Å²) in [6.45, 7) is 2.61. The Kier molecular flexibility index (Phi) is 7.46. The van der Waals surface area contributed by atoms with Crippen LogP contribution in [0.1, 0.15) is 55.9 Å². The fraction of sp³-hybridized carbons (Fsp3) is 0.379. The van der Waals surface area contributed by atoms with E-state index in [2.05, 4.69) is 4.98 Å². The summed E-state index contributed by atoms with van der Waals surface area (Å²) in [5.74, 6) is 0.827. The van der Waals surface area contributed by atoms with Crippen molar-refractivity contribution in [2.75, 3.05) is 13.1 Å². The lowest BCUT2D eigenvalue weighted by molar-refractivity contribution is -0.132. The predicted octanol–water partition coefficient (Wildman–Crippen LogP) is 6.12. The van der Waals surface area contributed by atoms with Gasteiger partial charge in [0.2, 0.25) is 5.91 Å². The van der Waals surface area contributed by atoms with Crippen molar-refractivity contribution in [1.29, 1.82) is 0 Å². The molecule has 1 aliphatic carbocycles. The third kappa shape index (κ3) is 6.31. The Hall–Kier alpha value is -3.39. The average molecular weight is 521 g/mol. The Morgan fingerprint density at radius 2 is 1.97 bits per heavy atom. The number of hydrogen-bond acceptors (Lipinski definition) is 6. The number of fused-ring (bicyclic) bond motifs is 1. The molecule has 192 valence electrons. The van der Waals surface area contributed by atoms with E-state index >= 15 is 0 Å².